The molecule has 4 atom stereocenters. The second-order valence-electron chi connectivity index (χ2n) is 8.79. The minimum absolute atomic E-state index is 0.169. The summed E-state index contributed by atoms with van der Waals surface area (Å²) >= 11 is 3.41. The largest absolute Gasteiger partial charge is 0.417 e. The molecule has 6 nitrogen and oxygen atoms in total. The van der Waals surface area contributed by atoms with Gasteiger partial charge in [-0.15, -0.1) is 0 Å². The fraction of sp³-hybridized carbons (Fsp3) is 0.571. The smallest absolute Gasteiger partial charge is 0.365 e. The summed E-state index contributed by atoms with van der Waals surface area (Å²) in [6.07, 6.45) is -3.88. The normalized spacial score (nSPS) is 33.0. The molecule has 3 fully saturated rings. The number of rotatable bonds is 4. The number of hydrogen-bond donors (Lipinski definition) is 0. The number of amides is 2. The van der Waals surface area contributed by atoms with Crippen LogP contribution in [-0.2, 0) is 20.5 Å². The van der Waals surface area contributed by atoms with Crippen LogP contribution >= 0.6 is 15.9 Å². The van der Waals surface area contributed by atoms with Gasteiger partial charge in [-0.1, -0.05) is 15.9 Å². The highest BCUT2D eigenvalue weighted by Gasteiger charge is 2.71. The Balaban J connectivity index is 1.72. The van der Waals surface area contributed by atoms with E-state index < -0.39 is 52.2 Å². The number of imide groups is 1. The second-order valence-corrected chi connectivity index (χ2v) is 9.58. The summed E-state index contributed by atoms with van der Waals surface area (Å²) in [5, 5.41) is 9.84. The molecule has 3 aliphatic rings. The van der Waals surface area contributed by atoms with Gasteiger partial charge in [0.1, 0.15) is 0 Å². The van der Waals surface area contributed by atoms with E-state index in [0.29, 0.717) is 19.2 Å². The van der Waals surface area contributed by atoms with E-state index in [9.17, 15) is 22.8 Å². The predicted molar refractivity (Wildman–Crippen MR) is 108 cm³/mol. The molecule has 1 aromatic carbocycles. The summed E-state index contributed by atoms with van der Waals surface area (Å²) in [7, 11) is 0. The van der Waals surface area contributed by atoms with Crippen LogP contribution in [0, 0.1) is 23.2 Å². The van der Waals surface area contributed by atoms with E-state index in [1.165, 1.54) is 12.1 Å². The van der Waals surface area contributed by atoms with Crippen molar-refractivity contribution in [2.24, 2.45) is 11.8 Å². The maximum absolute atomic E-state index is 13.4. The van der Waals surface area contributed by atoms with E-state index in [1.54, 1.807) is 13.8 Å². The molecule has 0 N–H and O–H groups in total. The monoisotopic (exact) mass is 499 g/mol. The Morgan fingerprint density at radius 2 is 1.77 bits per heavy atom. The van der Waals surface area contributed by atoms with Gasteiger partial charge in [0.25, 0.3) is 0 Å². The highest BCUT2D eigenvalue weighted by molar-refractivity contribution is 9.09. The molecule has 3 heterocycles. The quantitative estimate of drug-likeness (QED) is 0.469. The highest BCUT2D eigenvalue weighted by Crippen LogP contribution is 2.55. The SMILES string of the molecule is CC12CN(CCCBr)C[C@@](C)(O1)[C@@H]1C(=O)N(c3ccc(C#N)c(C(F)(F)F)c3)C(=O)C12. The van der Waals surface area contributed by atoms with Gasteiger partial charge in [-0.3, -0.25) is 14.5 Å². The average molecular weight is 500 g/mol. The van der Waals surface area contributed by atoms with Crippen LogP contribution in [0.1, 0.15) is 31.4 Å². The minimum atomic E-state index is -4.78. The van der Waals surface area contributed by atoms with Crippen LogP contribution in [0.3, 0.4) is 0 Å². The molecule has 2 amide bonds. The van der Waals surface area contributed by atoms with Gasteiger partial charge in [0.05, 0.1) is 45.9 Å². The summed E-state index contributed by atoms with van der Waals surface area (Å²) in [5.74, 6) is -2.66. The van der Waals surface area contributed by atoms with Gasteiger partial charge in [0, 0.05) is 18.4 Å². The maximum Gasteiger partial charge on any atom is 0.417 e. The maximum atomic E-state index is 13.4. The first-order chi connectivity index (χ1) is 14.4. The first kappa shape index (κ1) is 22.2. The van der Waals surface area contributed by atoms with Gasteiger partial charge >= 0.3 is 6.18 Å². The van der Waals surface area contributed by atoms with Crippen LogP contribution < -0.4 is 4.90 Å². The fourth-order valence-electron chi connectivity index (χ4n) is 5.46. The Hall–Kier alpha value is -1.96. The number of alkyl halides is 4. The third-order valence-corrected chi connectivity index (χ3v) is 7.02. The molecule has 0 aliphatic carbocycles. The highest BCUT2D eigenvalue weighted by atomic mass is 79.9. The average Bonchev–Trinajstić information content (AvgIpc) is 3.05. The van der Waals surface area contributed by atoms with Crippen LogP contribution in [0.2, 0.25) is 0 Å². The van der Waals surface area contributed by atoms with Gasteiger partial charge in [-0.2, -0.15) is 18.4 Å². The van der Waals surface area contributed by atoms with Gasteiger partial charge in [0.15, 0.2) is 0 Å². The molecule has 2 bridgehead atoms. The van der Waals surface area contributed by atoms with Crippen molar-refractivity contribution in [3.8, 4) is 6.07 Å². The number of hydrogen-bond acceptors (Lipinski definition) is 5. The summed E-state index contributed by atoms with van der Waals surface area (Å²) in [5.41, 5.74) is -3.72. The number of ether oxygens (including phenoxy) is 1. The molecule has 4 rings (SSSR count). The summed E-state index contributed by atoms with van der Waals surface area (Å²) in [4.78, 5) is 29.8. The third kappa shape index (κ3) is 3.38. The molecule has 3 aliphatic heterocycles. The zero-order valence-corrected chi connectivity index (χ0v) is 18.6. The molecule has 31 heavy (non-hydrogen) atoms. The molecule has 10 heteroatoms. The lowest BCUT2D eigenvalue weighted by Gasteiger charge is -2.45. The van der Waals surface area contributed by atoms with E-state index in [2.05, 4.69) is 20.8 Å². The number of morpholine rings is 1. The molecule has 0 spiro atoms. The van der Waals surface area contributed by atoms with E-state index in [4.69, 9.17) is 10.00 Å². The number of likely N-dealkylation sites (tertiary alicyclic amines) is 1. The van der Waals surface area contributed by atoms with Crippen LogP contribution in [0.25, 0.3) is 0 Å². The van der Waals surface area contributed by atoms with Gasteiger partial charge in [-0.05, 0) is 45.0 Å². The summed E-state index contributed by atoms with van der Waals surface area (Å²) in [6.45, 7) is 5.31. The minimum Gasteiger partial charge on any atom is -0.365 e. The Kier molecular flexibility index (Phi) is 5.23. The second kappa shape index (κ2) is 7.29. The zero-order chi connectivity index (χ0) is 22.8. The molecular formula is C21H21BrF3N3O3. The topological polar surface area (TPSA) is 73.6 Å². The molecular weight excluding hydrogens is 479 g/mol. The summed E-state index contributed by atoms with van der Waals surface area (Å²) < 4.78 is 46.5. The summed E-state index contributed by atoms with van der Waals surface area (Å²) in [6, 6.07) is 4.43. The van der Waals surface area contributed by atoms with Crippen molar-refractivity contribution in [1.82, 2.24) is 4.90 Å². The van der Waals surface area contributed by atoms with E-state index in [0.717, 1.165) is 29.3 Å². The van der Waals surface area contributed by atoms with E-state index in [1.807, 2.05) is 0 Å². The molecule has 3 saturated heterocycles. The molecule has 0 aromatic heterocycles. The Labute approximate surface area is 186 Å². The number of benzene rings is 1. The van der Waals surface area contributed by atoms with Crippen LogP contribution in [0.4, 0.5) is 18.9 Å². The number of anilines is 1. The fourth-order valence-corrected chi connectivity index (χ4v) is 5.71. The number of fused-ring (bicyclic) bond motifs is 5. The van der Waals surface area contributed by atoms with Crippen LogP contribution in [-0.4, -0.2) is 52.9 Å². The molecule has 1 aromatic rings. The van der Waals surface area contributed by atoms with Gasteiger partial charge in [-0.25, -0.2) is 4.90 Å². The first-order valence-corrected chi connectivity index (χ1v) is 11.0. The number of carbonyl (C=O) groups is 2. The van der Waals surface area contributed by atoms with Crippen LogP contribution in [0.15, 0.2) is 18.2 Å². The van der Waals surface area contributed by atoms with Gasteiger partial charge in [0.2, 0.25) is 11.8 Å². The zero-order valence-electron chi connectivity index (χ0n) is 17.0. The number of halogens is 4. The van der Waals surface area contributed by atoms with Crippen molar-refractivity contribution < 1.29 is 27.5 Å². The third-order valence-electron chi connectivity index (χ3n) is 6.46. The number of nitrogens with zero attached hydrogens (tertiary/aromatic N) is 3. The molecule has 0 saturated carbocycles. The Bertz CT molecular complexity index is 958. The Morgan fingerprint density at radius 3 is 2.26 bits per heavy atom. The van der Waals surface area contributed by atoms with Crippen molar-refractivity contribution in [3.05, 3.63) is 29.3 Å². The molecule has 0 radical (unpaired) electrons. The van der Waals surface area contributed by atoms with Crippen molar-refractivity contribution >= 4 is 33.4 Å². The van der Waals surface area contributed by atoms with Crippen LogP contribution in [0.5, 0.6) is 0 Å². The lowest BCUT2D eigenvalue weighted by molar-refractivity contribution is -0.169. The first-order valence-electron chi connectivity index (χ1n) is 9.93. The number of nitriles is 1. The van der Waals surface area contributed by atoms with Gasteiger partial charge < -0.3 is 4.74 Å². The predicted octanol–water partition coefficient (Wildman–Crippen LogP) is 3.33. The lowest BCUT2D eigenvalue weighted by atomic mass is 9.79. The molecule has 166 valence electrons. The van der Waals surface area contributed by atoms with Crippen molar-refractivity contribution in [2.75, 3.05) is 29.9 Å². The molecule has 2 unspecified atom stereocenters. The lowest BCUT2D eigenvalue weighted by Crippen LogP contribution is -2.58. The van der Waals surface area contributed by atoms with Crippen molar-refractivity contribution in [1.29, 1.82) is 5.26 Å². The van der Waals surface area contributed by atoms with Crippen molar-refractivity contribution in [2.45, 2.75) is 37.6 Å². The van der Waals surface area contributed by atoms with Crippen molar-refractivity contribution in [3.63, 3.8) is 0 Å². The standard InChI is InChI=1S/C21H21BrF3N3O3/c1-19-10-27(7-3-6-22)11-20(2,31-19)16-15(19)17(29)28(18(16)30)13-5-4-12(9-26)14(8-13)21(23,24)25/h4-5,8,15-16H,3,6-7,10-11H2,1-2H3/t15-,16?,19+,20?/m0/s1. The van der Waals surface area contributed by atoms with E-state index >= 15 is 0 Å². The Morgan fingerprint density at radius 1 is 1.19 bits per heavy atom. The number of carbonyl (C=O) groups excluding carboxylic acids is 2. The van der Waals surface area contributed by atoms with E-state index in [-0.39, 0.29) is 5.69 Å².